The van der Waals surface area contributed by atoms with Crippen LogP contribution in [-0.2, 0) is 33.8 Å². The molecule has 41 heavy (non-hydrogen) atoms. The summed E-state index contributed by atoms with van der Waals surface area (Å²) in [4.78, 5) is 58.3. The topological polar surface area (TPSA) is 167 Å². The minimum absolute atomic E-state index is 0.0117. The van der Waals surface area contributed by atoms with Crippen LogP contribution in [0.5, 0.6) is 0 Å². The number of carbonyl (C=O) groups is 3. The maximum atomic E-state index is 13.1. The molecule has 1 atom stereocenters. The molecule has 0 aliphatic carbocycles. The number of amides is 3. The Kier molecular flexibility index (Phi) is 8.81. The second-order valence-corrected chi connectivity index (χ2v) is 10.4. The van der Waals surface area contributed by atoms with Gasteiger partial charge in [0.15, 0.2) is 0 Å². The van der Waals surface area contributed by atoms with Crippen molar-refractivity contribution in [3.8, 4) is 0 Å². The molecule has 1 aliphatic heterocycles. The van der Waals surface area contributed by atoms with E-state index in [4.69, 9.17) is 15.2 Å². The van der Waals surface area contributed by atoms with Crippen molar-refractivity contribution in [3.05, 3.63) is 93.7 Å². The Labute approximate surface area is 236 Å². The van der Waals surface area contributed by atoms with Crippen LogP contribution in [0.1, 0.15) is 55.7 Å². The molecule has 0 fully saturated rings. The van der Waals surface area contributed by atoms with E-state index in [1.54, 1.807) is 45.0 Å². The molecule has 0 spiro atoms. The number of nitrogens with one attached hydrogen (secondary N) is 2. The maximum Gasteiger partial charge on any atom is 0.436 e. The van der Waals surface area contributed by atoms with Gasteiger partial charge in [-0.15, -0.1) is 0 Å². The number of amidine groups is 1. The molecule has 12 nitrogen and oxygen atoms in total. The molecular formula is C29H32N6O6. The van der Waals surface area contributed by atoms with Crippen molar-refractivity contribution in [3.63, 3.8) is 0 Å². The van der Waals surface area contributed by atoms with Crippen LogP contribution in [0.3, 0.4) is 0 Å². The molecule has 3 aromatic rings. The third-order valence-corrected chi connectivity index (χ3v) is 6.10. The van der Waals surface area contributed by atoms with E-state index in [1.165, 1.54) is 10.8 Å². The highest BCUT2D eigenvalue weighted by Gasteiger charge is 2.31. The molecule has 1 unspecified atom stereocenters. The highest BCUT2D eigenvalue weighted by Crippen LogP contribution is 2.23. The predicted molar refractivity (Wildman–Crippen MR) is 151 cm³/mol. The molecule has 0 radical (unpaired) electrons. The van der Waals surface area contributed by atoms with Crippen LogP contribution in [0.4, 0.5) is 15.3 Å². The normalized spacial score (nSPS) is 14.6. The van der Waals surface area contributed by atoms with Crippen LogP contribution >= 0.6 is 0 Å². The smallest absolute Gasteiger partial charge is 0.436 e. The van der Waals surface area contributed by atoms with Gasteiger partial charge in [-0.25, -0.2) is 14.6 Å². The van der Waals surface area contributed by atoms with Crippen molar-refractivity contribution in [2.75, 3.05) is 5.32 Å². The molecule has 1 aliphatic rings. The highest BCUT2D eigenvalue weighted by atomic mass is 16.6. The zero-order valence-electron chi connectivity index (χ0n) is 23.0. The number of rotatable bonds is 7. The van der Waals surface area contributed by atoms with Crippen LogP contribution in [0.2, 0.25) is 0 Å². The van der Waals surface area contributed by atoms with Gasteiger partial charge in [0.2, 0.25) is 5.91 Å². The number of anilines is 1. The van der Waals surface area contributed by atoms with E-state index in [9.17, 15) is 19.2 Å². The Morgan fingerprint density at radius 1 is 1.07 bits per heavy atom. The zero-order chi connectivity index (χ0) is 29.6. The molecule has 4 N–H and O–H groups in total. The molecule has 12 heteroatoms. The number of hydrogen-bond acceptors (Lipinski definition) is 7. The van der Waals surface area contributed by atoms with Gasteiger partial charge in [0.25, 0.3) is 5.56 Å². The molecule has 1 aromatic heterocycles. The maximum absolute atomic E-state index is 13.1. The fourth-order valence-corrected chi connectivity index (χ4v) is 4.16. The Morgan fingerprint density at radius 2 is 1.78 bits per heavy atom. The minimum Gasteiger partial charge on any atom is -0.444 e. The van der Waals surface area contributed by atoms with Crippen LogP contribution < -0.4 is 21.9 Å². The first kappa shape index (κ1) is 29.0. The van der Waals surface area contributed by atoms with E-state index in [-0.39, 0.29) is 30.6 Å². The molecule has 0 saturated carbocycles. The average molecular weight is 561 g/mol. The average Bonchev–Trinajstić information content (AvgIpc) is 3.37. The second kappa shape index (κ2) is 12.5. The third kappa shape index (κ3) is 7.78. The lowest BCUT2D eigenvalue weighted by atomic mass is 10.1. The Bertz CT molecular complexity index is 1510. The van der Waals surface area contributed by atoms with Gasteiger partial charge in [0, 0.05) is 18.5 Å². The van der Waals surface area contributed by atoms with E-state index < -0.39 is 29.4 Å². The van der Waals surface area contributed by atoms with Gasteiger partial charge in [-0.05, 0) is 38.3 Å². The first-order valence-electron chi connectivity index (χ1n) is 13.0. The molecular weight excluding hydrogens is 528 g/mol. The van der Waals surface area contributed by atoms with Gasteiger partial charge in [-0.3, -0.25) is 19.5 Å². The SMILES string of the molecule is CC(C)(C)OC(=O)/N=C(\N)c1ccc(CNC(=O)C2CCc3ncc(NC(=O)OCc4ccccc4)c(=O)n32)cc1. The third-order valence-electron chi connectivity index (χ3n) is 6.10. The summed E-state index contributed by atoms with van der Waals surface area (Å²) in [5, 5.41) is 5.27. The van der Waals surface area contributed by atoms with Crippen molar-refractivity contribution < 1.29 is 23.9 Å². The van der Waals surface area contributed by atoms with Gasteiger partial charge in [0.05, 0.1) is 6.20 Å². The van der Waals surface area contributed by atoms with Crippen LogP contribution in [-0.4, -0.2) is 39.1 Å². The van der Waals surface area contributed by atoms with Gasteiger partial charge in [-0.1, -0.05) is 54.6 Å². The Morgan fingerprint density at radius 3 is 2.46 bits per heavy atom. The fraction of sp³-hybridized carbons (Fsp3) is 0.310. The van der Waals surface area contributed by atoms with Crippen molar-refractivity contribution in [1.82, 2.24) is 14.9 Å². The van der Waals surface area contributed by atoms with Crippen LogP contribution in [0.25, 0.3) is 0 Å². The van der Waals surface area contributed by atoms with E-state index in [1.807, 2.05) is 30.3 Å². The van der Waals surface area contributed by atoms with Crippen LogP contribution in [0, 0.1) is 0 Å². The van der Waals surface area contributed by atoms with Crippen molar-refractivity contribution in [2.24, 2.45) is 10.7 Å². The highest BCUT2D eigenvalue weighted by molar-refractivity contribution is 6.02. The predicted octanol–water partition coefficient (Wildman–Crippen LogP) is 3.44. The molecule has 214 valence electrons. The summed E-state index contributed by atoms with van der Waals surface area (Å²) in [5.41, 5.74) is 6.72. The number of aromatic nitrogens is 2. The van der Waals surface area contributed by atoms with E-state index in [0.29, 0.717) is 24.2 Å². The second-order valence-electron chi connectivity index (χ2n) is 10.4. The quantitative estimate of drug-likeness (QED) is 0.292. The monoisotopic (exact) mass is 560 g/mol. The van der Waals surface area contributed by atoms with Gasteiger partial charge < -0.3 is 20.5 Å². The minimum atomic E-state index is -0.799. The van der Waals surface area contributed by atoms with E-state index >= 15 is 0 Å². The molecule has 2 heterocycles. The summed E-state index contributed by atoms with van der Waals surface area (Å²) in [6, 6.07) is 15.2. The number of aryl methyl sites for hydroxylation is 1. The van der Waals surface area contributed by atoms with Crippen molar-refractivity contribution >= 4 is 29.6 Å². The van der Waals surface area contributed by atoms with Gasteiger partial charge in [-0.2, -0.15) is 4.99 Å². The summed E-state index contributed by atoms with van der Waals surface area (Å²) in [6.07, 6.45) is 0.532. The largest absolute Gasteiger partial charge is 0.444 e. The first-order chi connectivity index (χ1) is 19.5. The molecule has 2 aromatic carbocycles. The summed E-state index contributed by atoms with van der Waals surface area (Å²) in [5.74, 6) is 0.117. The summed E-state index contributed by atoms with van der Waals surface area (Å²) < 4.78 is 11.6. The van der Waals surface area contributed by atoms with Gasteiger partial charge >= 0.3 is 12.2 Å². The number of aliphatic imine (C=N–C) groups is 1. The lowest BCUT2D eigenvalue weighted by Crippen LogP contribution is -2.36. The number of hydrogen-bond donors (Lipinski definition) is 3. The summed E-state index contributed by atoms with van der Waals surface area (Å²) in [6.45, 7) is 5.44. The van der Waals surface area contributed by atoms with Crippen molar-refractivity contribution in [1.29, 1.82) is 0 Å². The first-order valence-corrected chi connectivity index (χ1v) is 13.0. The number of carbonyl (C=O) groups excluding carboxylic acids is 3. The van der Waals surface area contributed by atoms with E-state index in [2.05, 4.69) is 20.6 Å². The fourth-order valence-electron chi connectivity index (χ4n) is 4.16. The Balaban J connectivity index is 1.35. The zero-order valence-corrected chi connectivity index (χ0v) is 23.0. The van der Waals surface area contributed by atoms with Crippen molar-refractivity contribution in [2.45, 2.75) is 58.4 Å². The number of ether oxygens (including phenoxy) is 2. The number of benzene rings is 2. The van der Waals surface area contributed by atoms with Gasteiger partial charge in [0.1, 0.15) is 35.6 Å². The lowest BCUT2D eigenvalue weighted by molar-refractivity contribution is -0.124. The molecule has 3 amide bonds. The van der Waals surface area contributed by atoms with Crippen LogP contribution in [0.15, 0.2) is 70.6 Å². The standard InChI is InChI=1S/C29H32N6O6/c1-29(2,3)41-28(39)34-24(30)20-11-9-18(10-12-20)15-32-25(36)22-13-14-23-31-16-21(26(37)35(22)23)33-27(38)40-17-19-7-5-4-6-8-19/h4-12,16,22H,13-15,17H2,1-3H3,(H,32,36)(H,33,38)(H2,30,34,39). The molecule has 4 rings (SSSR count). The van der Waals surface area contributed by atoms with E-state index in [0.717, 1.165) is 11.1 Å². The lowest BCUT2D eigenvalue weighted by Gasteiger charge is -2.17. The number of fused-ring (bicyclic) bond motifs is 1. The molecule has 0 bridgehead atoms. The summed E-state index contributed by atoms with van der Waals surface area (Å²) in [7, 11) is 0. The number of nitrogens with zero attached hydrogens (tertiary/aromatic N) is 3. The number of nitrogens with two attached hydrogens (primary N) is 1. The Hall–Kier alpha value is -5.00. The summed E-state index contributed by atoms with van der Waals surface area (Å²) >= 11 is 0. The molecule has 0 saturated heterocycles.